The molecular formula is C9H10BrN3OS. The predicted octanol–water partition coefficient (Wildman–Crippen LogP) is 1.92. The van der Waals surface area contributed by atoms with Gasteiger partial charge >= 0.3 is 0 Å². The first-order valence-corrected chi connectivity index (χ1v) is 6.11. The van der Waals surface area contributed by atoms with Gasteiger partial charge in [-0.05, 0) is 27.4 Å². The quantitative estimate of drug-likeness (QED) is 0.938. The Morgan fingerprint density at radius 3 is 3.00 bits per heavy atom. The van der Waals surface area contributed by atoms with Crippen LogP contribution in [0.15, 0.2) is 22.1 Å². The van der Waals surface area contributed by atoms with Crippen LogP contribution in [0.5, 0.6) is 0 Å². The number of hydrogen-bond donors (Lipinski definition) is 1. The van der Waals surface area contributed by atoms with Crippen LogP contribution in [0, 0.1) is 0 Å². The largest absolute Gasteiger partial charge is 0.386 e. The molecule has 2 aromatic heterocycles. The molecule has 0 aliphatic carbocycles. The number of nitrogens with zero attached hydrogens (tertiary/aromatic N) is 3. The van der Waals surface area contributed by atoms with Crippen LogP contribution >= 0.6 is 27.3 Å². The minimum absolute atomic E-state index is 0.571. The fourth-order valence-electron chi connectivity index (χ4n) is 1.41. The fraction of sp³-hybridized carbons (Fsp3) is 0.333. The minimum Gasteiger partial charge on any atom is -0.386 e. The number of thiophene rings is 1. The summed E-state index contributed by atoms with van der Waals surface area (Å²) in [5.74, 6) is 0. The van der Waals surface area contributed by atoms with Crippen LogP contribution in [0.2, 0.25) is 0 Å². The third-order valence-corrected chi connectivity index (χ3v) is 3.58. The standard InChI is InChI=1S/C9H10BrN3OS/c1-13-8(9(10)11-12-13)7(14)5-6-3-2-4-15-6/h2-4,7,14H,5H2,1H3. The molecule has 0 saturated heterocycles. The monoisotopic (exact) mass is 287 g/mol. The molecule has 0 saturated carbocycles. The Bertz CT molecular complexity index is 421. The molecular weight excluding hydrogens is 278 g/mol. The maximum absolute atomic E-state index is 10.0. The van der Waals surface area contributed by atoms with Crippen molar-refractivity contribution in [2.24, 2.45) is 7.05 Å². The van der Waals surface area contributed by atoms with E-state index in [1.165, 1.54) is 0 Å². The average molecular weight is 288 g/mol. The van der Waals surface area contributed by atoms with Crippen molar-refractivity contribution in [1.29, 1.82) is 0 Å². The Morgan fingerprint density at radius 1 is 1.67 bits per heavy atom. The van der Waals surface area contributed by atoms with Crippen molar-refractivity contribution in [3.05, 3.63) is 32.7 Å². The number of aromatic nitrogens is 3. The van der Waals surface area contributed by atoms with Gasteiger partial charge < -0.3 is 5.11 Å². The molecule has 0 aromatic carbocycles. The van der Waals surface area contributed by atoms with Crippen LogP contribution in [-0.2, 0) is 13.5 Å². The summed E-state index contributed by atoms with van der Waals surface area (Å²) >= 11 is 4.91. The molecule has 1 atom stereocenters. The van der Waals surface area contributed by atoms with Gasteiger partial charge in [-0.3, -0.25) is 0 Å². The van der Waals surface area contributed by atoms with Crippen molar-refractivity contribution in [2.75, 3.05) is 0 Å². The molecule has 0 aliphatic rings. The van der Waals surface area contributed by atoms with Gasteiger partial charge in [-0.2, -0.15) is 0 Å². The molecule has 2 rings (SSSR count). The topological polar surface area (TPSA) is 50.9 Å². The summed E-state index contributed by atoms with van der Waals surface area (Å²) in [5, 5.41) is 19.7. The lowest BCUT2D eigenvalue weighted by Crippen LogP contribution is -2.07. The maximum Gasteiger partial charge on any atom is 0.154 e. The zero-order chi connectivity index (χ0) is 10.8. The summed E-state index contributed by atoms with van der Waals surface area (Å²) < 4.78 is 2.19. The predicted molar refractivity (Wildman–Crippen MR) is 61.7 cm³/mol. The molecule has 15 heavy (non-hydrogen) atoms. The zero-order valence-corrected chi connectivity index (χ0v) is 10.5. The maximum atomic E-state index is 10.0. The van der Waals surface area contributed by atoms with E-state index in [1.807, 2.05) is 17.5 Å². The van der Waals surface area contributed by atoms with Crippen molar-refractivity contribution in [3.8, 4) is 0 Å². The van der Waals surface area contributed by atoms with E-state index in [4.69, 9.17) is 0 Å². The van der Waals surface area contributed by atoms with Crippen molar-refractivity contribution in [3.63, 3.8) is 0 Å². The van der Waals surface area contributed by atoms with Gasteiger partial charge in [0.1, 0.15) is 11.8 Å². The molecule has 80 valence electrons. The minimum atomic E-state index is -0.571. The van der Waals surface area contributed by atoms with Gasteiger partial charge in [-0.1, -0.05) is 11.3 Å². The highest BCUT2D eigenvalue weighted by atomic mass is 79.9. The van der Waals surface area contributed by atoms with Crippen LogP contribution in [0.1, 0.15) is 16.7 Å². The van der Waals surface area contributed by atoms with Gasteiger partial charge in [0.05, 0.1) is 0 Å². The van der Waals surface area contributed by atoms with E-state index >= 15 is 0 Å². The first-order valence-electron chi connectivity index (χ1n) is 4.44. The molecule has 6 heteroatoms. The van der Waals surface area contributed by atoms with Crippen LogP contribution in [0.3, 0.4) is 0 Å². The number of rotatable bonds is 3. The molecule has 2 aromatic rings. The number of halogens is 1. The molecule has 0 amide bonds. The summed E-state index contributed by atoms with van der Waals surface area (Å²) in [6.45, 7) is 0. The lowest BCUT2D eigenvalue weighted by molar-refractivity contribution is 0.168. The SMILES string of the molecule is Cn1nnc(Br)c1C(O)Cc1cccs1. The van der Waals surface area contributed by atoms with E-state index in [1.54, 1.807) is 23.1 Å². The number of aryl methyl sites for hydroxylation is 1. The van der Waals surface area contributed by atoms with Crippen LogP contribution < -0.4 is 0 Å². The van der Waals surface area contributed by atoms with E-state index < -0.39 is 6.10 Å². The number of hydrogen-bond acceptors (Lipinski definition) is 4. The molecule has 2 heterocycles. The van der Waals surface area contributed by atoms with Crippen molar-refractivity contribution >= 4 is 27.3 Å². The molecule has 0 aliphatic heterocycles. The van der Waals surface area contributed by atoms with Gasteiger partial charge in [0.15, 0.2) is 4.60 Å². The highest BCUT2D eigenvalue weighted by Gasteiger charge is 2.18. The summed E-state index contributed by atoms with van der Waals surface area (Å²) in [7, 11) is 1.77. The smallest absolute Gasteiger partial charge is 0.154 e. The summed E-state index contributed by atoms with van der Waals surface area (Å²) in [6, 6.07) is 3.98. The van der Waals surface area contributed by atoms with Crippen LogP contribution in [0.4, 0.5) is 0 Å². The second-order valence-corrected chi connectivity index (χ2v) is 4.97. The van der Waals surface area contributed by atoms with Crippen molar-refractivity contribution in [2.45, 2.75) is 12.5 Å². The highest BCUT2D eigenvalue weighted by Crippen LogP contribution is 2.25. The third-order valence-electron chi connectivity index (χ3n) is 2.12. The highest BCUT2D eigenvalue weighted by molar-refractivity contribution is 9.10. The summed E-state index contributed by atoms with van der Waals surface area (Å²) in [5.41, 5.74) is 0.711. The van der Waals surface area contributed by atoms with E-state index in [2.05, 4.69) is 26.2 Å². The summed E-state index contributed by atoms with van der Waals surface area (Å²) in [6.07, 6.45) is 0.0234. The Kier molecular flexibility index (Phi) is 3.18. The Labute approximate surface area is 99.7 Å². The molecule has 0 bridgehead atoms. The van der Waals surface area contributed by atoms with E-state index in [0.717, 1.165) is 4.88 Å². The molecule has 1 unspecified atom stereocenters. The summed E-state index contributed by atoms with van der Waals surface area (Å²) in [4.78, 5) is 1.15. The first kappa shape index (κ1) is 10.8. The Morgan fingerprint density at radius 2 is 2.47 bits per heavy atom. The van der Waals surface area contributed by atoms with Gasteiger partial charge in [-0.25, -0.2) is 4.68 Å². The number of aliphatic hydroxyl groups excluding tert-OH is 1. The van der Waals surface area contributed by atoms with Crippen molar-refractivity contribution in [1.82, 2.24) is 15.0 Å². The van der Waals surface area contributed by atoms with Crippen molar-refractivity contribution < 1.29 is 5.11 Å². The fourth-order valence-corrected chi connectivity index (χ4v) is 2.74. The van der Waals surface area contributed by atoms with E-state index in [0.29, 0.717) is 16.7 Å². The van der Waals surface area contributed by atoms with E-state index in [-0.39, 0.29) is 0 Å². The molecule has 0 spiro atoms. The Hall–Kier alpha value is -0.720. The second-order valence-electron chi connectivity index (χ2n) is 3.19. The number of aliphatic hydroxyl groups is 1. The normalized spacial score (nSPS) is 13.0. The second kappa shape index (κ2) is 4.42. The molecule has 1 N–H and O–H groups in total. The molecule has 0 fully saturated rings. The zero-order valence-electron chi connectivity index (χ0n) is 8.09. The van der Waals surface area contributed by atoms with E-state index in [9.17, 15) is 5.11 Å². The van der Waals surface area contributed by atoms with Gasteiger partial charge in [-0.15, -0.1) is 16.4 Å². The Balaban J connectivity index is 2.18. The van der Waals surface area contributed by atoms with Gasteiger partial charge in [0.2, 0.25) is 0 Å². The lowest BCUT2D eigenvalue weighted by atomic mass is 10.2. The van der Waals surface area contributed by atoms with Gasteiger partial charge in [0.25, 0.3) is 0 Å². The third kappa shape index (κ3) is 2.27. The first-order chi connectivity index (χ1) is 7.18. The van der Waals surface area contributed by atoms with Gasteiger partial charge in [0, 0.05) is 18.3 Å². The van der Waals surface area contributed by atoms with Crippen LogP contribution in [0.25, 0.3) is 0 Å². The van der Waals surface area contributed by atoms with Crippen LogP contribution in [-0.4, -0.2) is 20.1 Å². The lowest BCUT2D eigenvalue weighted by Gasteiger charge is -2.09. The average Bonchev–Trinajstić information content (AvgIpc) is 2.77. The molecule has 0 radical (unpaired) electrons. The molecule has 4 nitrogen and oxygen atoms in total.